The predicted octanol–water partition coefficient (Wildman–Crippen LogP) is 0.292. The van der Waals surface area contributed by atoms with Crippen molar-refractivity contribution in [3.05, 3.63) is 36.0 Å². The fourth-order valence-corrected chi connectivity index (χ4v) is 4.16. The number of amides is 3. The van der Waals surface area contributed by atoms with Gasteiger partial charge in [0.15, 0.2) is 0 Å². The number of carboxylic acids is 1. The lowest BCUT2D eigenvalue weighted by atomic mass is 10.0. The molecule has 37 heavy (non-hydrogen) atoms. The van der Waals surface area contributed by atoms with E-state index >= 15 is 0 Å². The molecule has 4 atom stereocenters. The number of carbonyl (C=O) groups is 4. The van der Waals surface area contributed by atoms with Crippen molar-refractivity contribution < 1.29 is 24.3 Å². The van der Waals surface area contributed by atoms with Gasteiger partial charge in [-0.05, 0) is 49.8 Å². The van der Waals surface area contributed by atoms with Crippen LogP contribution in [0.3, 0.4) is 0 Å². The lowest BCUT2D eigenvalue weighted by molar-refractivity contribution is -0.143. The topological polar surface area (TPSA) is 192 Å². The zero-order chi connectivity index (χ0) is 27.5. The summed E-state index contributed by atoms with van der Waals surface area (Å²) in [6, 6.07) is 3.60. The van der Waals surface area contributed by atoms with Crippen LogP contribution < -0.4 is 27.4 Å². The fourth-order valence-electron chi connectivity index (χ4n) is 3.90. The van der Waals surface area contributed by atoms with E-state index in [4.69, 9.17) is 11.5 Å². The van der Waals surface area contributed by atoms with E-state index in [1.54, 1.807) is 20.0 Å². The molecule has 0 aliphatic rings. The number of carboxylic acid groups (broad SMARTS) is 1. The Morgan fingerprint density at radius 2 is 1.65 bits per heavy atom. The van der Waals surface area contributed by atoms with E-state index in [9.17, 15) is 24.3 Å². The minimum Gasteiger partial charge on any atom is -0.480 e. The molecule has 2 rings (SSSR count). The lowest BCUT2D eigenvalue weighted by Gasteiger charge is -2.25. The van der Waals surface area contributed by atoms with Crippen molar-refractivity contribution in [1.82, 2.24) is 20.9 Å². The SMILES string of the molecule is CC(C)C(NC(=O)C(CS)NC(=O)C(CCCCN)NC(=O)C(N)Cc1c[nH]c2ccccc12)C(=O)O. The molecule has 0 saturated carbocycles. The van der Waals surface area contributed by atoms with Gasteiger partial charge in [0.1, 0.15) is 18.1 Å². The average Bonchev–Trinajstić information content (AvgIpc) is 3.27. The van der Waals surface area contributed by atoms with Crippen molar-refractivity contribution in [2.24, 2.45) is 17.4 Å². The molecule has 3 amide bonds. The number of hydrogen-bond acceptors (Lipinski definition) is 7. The van der Waals surface area contributed by atoms with Crippen LogP contribution in [0.25, 0.3) is 10.9 Å². The molecule has 0 radical (unpaired) electrons. The van der Waals surface area contributed by atoms with Gasteiger partial charge in [-0.15, -0.1) is 0 Å². The highest BCUT2D eigenvalue weighted by atomic mass is 32.1. The van der Waals surface area contributed by atoms with Gasteiger partial charge in [0.05, 0.1) is 6.04 Å². The van der Waals surface area contributed by atoms with Crippen molar-refractivity contribution >= 4 is 47.2 Å². The highest BCUT2D eigenvalue weighted by Gasteiger charge is 2.30. The second kappa shape index (κ2) is 14.6. The summed E-state index contributed by atoms with van der Waals surface area (Å²) in [6.07, 6.45) is 3.57. The van der Waals surface area contributed by atoms with Crippen LogP contribution in [0.1, 0.15) is 38.7 Å². The number of aromatic nitrogens is 1. The largest absolute Gasteiger partial charge is 0.480 e. The molecule has 4 unspecified atom stereocenters. The van der Waals surface area contributed by atoms with Crippen LogP contribution in [0, 0.1) is 5.92 Å². The third-order valence-corrected chi connectivity index (χ3v) is 6.44. The van der Waals surface area contributed by atoms with Crippen LogP contribution >= 0.6 is 12.6 Å². The summed E-state index contributed by atoms with van der Waals surface area (Å²) in [7, 11) is 0. The molecule has 2 aromatic rings. The van der Waals surface area contributed by atoms with Gasteiger partial charge in [-0.3, -0.25) is 14.4 Å². The van der Waals surface area contributed by atoms with Gasteiger partial charge in [-0.25, -0.2) is 4.79 Å². The maximum atomic E-state index is 13.1. The lowest BCUT2D eigenvalue weighted by Crippen LogP contribution is -2.58. The molecule has 204 valence electrons. The van der Waals surface area contributed by atoms with E-state index in [1.807, 2.05) is 24.3 Å². The summed E-state index contributed by atoms with van der Waals surface area (Å²) in [4.78, 5) is 53.3. The van der Waals surface area contributed by atoms with E-state index in [-0.39, 0.29) is 18.1 Å². The summed E-state index contributed by atoms with van der Waals surface area (Å²) in [5, 5.41) is 18.0. The molecule has 0 saturated heterocycles. The Morgan fingerprint density at radius 3 is 2.27 bits per heavy atom. The molecule has 0 bridgehead atoms. The molecule has 1 aromatic carbocycles. The van der Waals surface area contributed by atoms with E-state index in [0.717, 1.165) is 16.5 Å². The normalized spacial score (nSPS) is 14.5. The van der Waals surface area contributed by atoms with Gasteiger partial charge in [-0.2, -0.15) is 12.6 Å². The first-order valence-corrected chi connectivity index (χ1v) is 13.0. The molecule has 0 aliphatic carbocycles. The monoisotopic (exact) mass is 534 g/mol. The number of H-pyrrole nitrogens is 1. The van der Waals surface area contributed by atoms with Gasteiger partial charge in [0.25, 0.3) is 0 Å². The summed E-state index contributed by atoms with van der Waals surface area (Å²) in [6.45, 7) is 3.75. The van der Waals surface area contributed by atoms with E-state index in [0.29, 0.717) is 25.8 Å². The Labute approximate surface area is 221 Å². The second-order valence-electron chi connectivity index (χ2n) is 9.33. The highest BCUT2D eigenvalue weighted by Crippen LogP contribution is 2.19. The molecule has 12 heteroatoms. The third kappa shape index (κ3) is 8.76. The minimum absolute atomic E-state index is 0.0639. The molecule has 0 fully saturated rings. The van der Waals surface area contributed by atoms with E-state index in [2.05, 4.69) is 33.6 Å². The number of aromatic amines is 1. The Hall–Kier alpha value is -3.09. The number of unbranched alkanes of at least 4 members (excludes halogenated alkanes) is 1. The Balaban J connectivity index is 2.07. The molecule has 0 spiro atoms. The molecule has 1 aromatic heterocycles. The first-order valence-electron chi connectivity index (χ1n) is 12.3. The van der Waals surface area contributed by atoms with Crippen LogP contribution in [0.2, 0.25) is 0 Å². The zero-order valence-electron chi connectivity index (χ0n) is 21.2. The number of benzene rings is 1. The van der Waals surface area contributed by atoms with Crippen molar-refractivity contribution in [3.8, 4) is 0 Å². The van der Waals surface area contributed by atoms with Crippen LogP contribution in [0.4, 0.5) is 0 Å². The van der Waals surface area contributed by atoms with Crippen molar-refractivity contribution in [2.45, 2.75) is 63.7 Å². The maximum Gasteiger partial charge on any atom is 0.326 e. The Kier molecular flexibility index (Phi) is 11.9. The van der Waals surface area contributed by atoms with Gasteiger partial charge in [-0.1, -0.05) is 32.0 Å². The van der Waals surface area contributed by atoms with Gasteiger partial charge in [0, 0.05) is 22.9 Å². The number of nitrogens with one attached hydrogen (secondary N) is 4. The minimum atomic E-state index is -1.18. The molecule has 0 aliphatic heterocycles. The maximum absolute atomic E-state index is 13.1. The van der Waals surface area contributed by atoms with Crippen molar-refractivity contribution in [1.29, 1.82) is 0 Å². The number of fused-ring (bicyclic) bond motifs is 1. The Bertz CT molecular complexity index is 1070. The summed E-state index contributed by atoms with van der Waals surface area (Å²) >= 11 is 4.14. The number of hydrogen-bond donors (Lipinski definition) is 8. The first-order chi connectivity index (χ1) is 17.6. The third-order valence-electron chi connectivity index (χ3n) is 6.08. The molecule has 11 nitrogen and oxygen atoms in total. The smallest absolute Gasteiger partial charge is 0.326 e. The molecular weight excluding hydrogens is 496 g/mol. The number of rotatable bonds is 15. The van der Waals surface area contributed by atoms with E-state index in [1.165, 1.54) is 0 Å². The molecular formula is C25H38N6O5S. The van der Waals surface area contributed by atoms with Crippen molar-refractivity contribution in [3.63, 3.8) is 0 Å². The second-order valence-corrected chi connectivity index (χ2v) is 9.69. The predicted molar refractivity (Wildman–Crippen MR) is 145 cm³/mol. The van der Waals surface area contributed by atoms with Crippen LogP contribution in [0.5, 0.6) is 0 Å². The molecule has 9 N–H and O–H groups in total. The number of nitrogens with two attached hydrogens (primary N) is 2. The number of aliphatic carboxylic acids is 1. The summed E-state index contributed by atoms with van der Waals surface area (Å²) in [5.74, 6) is -3.37. The quantitative estimate of drug-likeness (QED) is 0.119. The van der Waals surface area contributed by atoms with Gasteiger partial charge in [0.2, 0.25) is 17.7 Å². The van der Waals surface area contributed by atoms with Crippen molar-refractivity contribution in [2.75, 3.05) is 12.3 Å². The first kappa shape index (κ1) is 30.1. The number of thiol groups is 1. The summed E-state index contributed by atoms with van der Waals surface area (Å²) < 4.78 is 0. The van der Waals surface area contributed by atoms with Crippen LogP contribution in [-0.4, -0.2) is 70.2 Å². The van der Waals surface area contributed by atoms with Crippen LogP contribution in [-0.2, 0) is 25.6 Å². The van der Waals surface area contributed by atoms with Gasteiger partial charge < -0.3 is 37.5 Å². The molecule has 1 heterocycles. The Morgan fingerprint density at radius 1 is 1.00 bits per heavy atom. The number of para-hydroxylation sites is 1. The van der Waals surface area contributed by atoms with E-state index < -0.39 is 47.9 Å². The summed E-state index contributed by atoms with van der Waals surface area (Å²) in [5.41, 5.74) is 13.6. The average molecular weight is 535 g/mol. The highest BCUT2D eigenvalue weighted by molar-refractivity contribution is 7.80. The zero-order valence-corrected chi connectivity index (χ0v) is 22.1. The van der Waals surface area contributed by atoms with Crippen LogP contribution in [0.15, 0.2) is 30.5 Å². The fraction of sp³-hybridized carbons (Fsp3) is 0.520. The van der Waals surface area contributed by atoms with Gasteiger partial charge >= 0.3 is 5.97 Å². The standard InChI is InChI=1S/C25H38N6O5S/c1-14(2)21(25(35)36)31-24(34)20(13-37)30-23(33)19(9-5-6-10-26)29-22(32)17(27)11-15-12-28-18-8-4-3-7-16(15)18/h3-4,7-8,12,14,17,19-21,28,37H,5-6,9-11,13,26-27H2,1-2H3,(H,29,32)(H,30,33)(H,31,34)(H,35,36). The number of carbonyl (C=O) groups excluding carboxylic acids is 3.